The molecule has 1 saturated heterocycles. The zero-order chi connectivity index (χ0) is 15.2. The van der Waals surface area contributed by atoms with Crippen molar-refractivity contribution >= 4 is 12.3 Å². The van der Waals surface area contributed by atoms with Crippen LogP contribution in [0, 0.1) is 0 Å². The molecule has 0 bridgehead atoms. The molecule has 0 spiro atoms. The Bertz CT molecular complexity index is 521. The molecule has 0 aliphatic carbocycles. The van der Waals surface area contributed by atoms with Crippen LogP contribution in [0.3, 0.4) is 0 Å². The van der Waals surface area contributed by atoms with Gasteiger partial charge in [0.25, 0.3) is 0 Å². The van der Waals surface area contributed by atoms with E-state index in [-0.39, 0.29) is 12.6 Å². The monoisotopic (exact) mass is 293 g/mol. The number of ether oxygens (including phenoxy) is 2. The van der Waals surface area contributed by atoms with Gasteiger partial charge in [0.15, 0.2) is 11.5 Å². The number of nitrogens with zero attached hydrogens (tertiary/aromatic N) is 1. The first kappa shape index (κ1) is 15.1. The van der Waals surface area contributed by atoms with E-state index in [9.17, 15) is 9.59 Å². The third kappa shape index (κ3) is 3.25. The Morgan fingerprint density at radius 1 is 1.38 bits per heavy atom. The SMILES string of the molecule is COc1ccc(C2NCCN(CNC=O)C2=O)cc1OC. The summed E-state index contributed by atoms with van der Waals surface area (Å²) in [5, 5.41) is 5.69. The fraction of sp³-hybridized carbons (Fsp3) is 0.429. The Morgan fingerprint density at radius 2 is 2.14 bits per heavy atom. The summed E-state index contributed by atoms with van der Waals surface area (Å²) < 4.78 is 10.4. The van der Waals surface area contributed by atoms with E-state index in [1.54, 1.807) is 31.3 Å². The van der Waals surface area contributed by atoms with Gasteiger partial charge in [0, 0.05) is 13.1 Å². The van der Waals surface area contributed by atoms with Gasteiger partial charge >= 0.3 is 0 Å². The number of rotatable bonds is 6. The quantitative estimate of drug-likeness (QED) is 0.715. The summed E-state index contributed by atoms with van der Waals surface area (Å²) in [6, 6.07) is 4.93. The molecule has 1 unspecified atom stereocenters. The predicted molar refractivity (Wildman–Crippen MR) is 76.1 cm³/mol. The van der Waals surface area contributed by atoms with Crippen molar-refractivity contribution in [2.24, 2.45) is 0 Å². The molecule has 1 aliphatic heterocycles. The minimum Gasteiger partial charge on any atom is -0.493 e. The maximum Gasteiger partial charge on any atom is 0.245 e. The molecule has 1 heterocycles. The van der Waals surface area contributed by atoms with E-state index in [4.69, 9.17) is 9.47 Å². The van der Waals surface area contributed by atoms with Gasteiger partial charge in [-0.25, -0.2) is 0 Å². The highest BCUT2D eigenvalue weighted by Crippen LogP contribution is 2.31. The second-order valence-electron chi connectivity index (χ2n) is 4.58. The van der Waals surface area contributed by atoms with Crippen LogP contribution >= 0.6 is 0 Å². The van der Waals surface area contributed by atoms with Crippen molar-refractivity contribution in [3.8, 4) is 11.5 Å². The normalized spacial score (nSPS) is 18.3. The van der Waals surface area contributed by atoms with Gasteiger partial charge in [-0.2, -0.15) is 0 Å². The van der Waals surface area contributed by atoms with Crippen molar-refractivity contribution in [3.63, 3.8) is 0 Å². The molecule has 0 radical (unpaired) electrons. The third-order valence-electron chi connectivity index (χ3n) is 3.40. The number of nitrogens with one attached hydrogen (secondary N) is 2. The van der Waals surface area contributed by atoms with E-state index in [0.717, 1.165) is 5.56 Å². The first-order valence-corrected chi connectivity index (χ1v) is 6.62. The van der Waals surface area contributed by atoms with Crippen LogP contribution in [-0.4, -0.2) is 51.2 Å². The molecule has 7 heteroatoms. The van der Waals surface area contributed by atoms with E-state index in [0.29, 0.717) is 31.0 Å². The van der Waals surface area contributed by atoms with Crippen LogP contribution in [0.5, 0.6) is 11.5 Å². The second-order valence-corrected chi connectivity index (χ2v) is 4.58. The van der Waals surface area contributed by atoms with Crippen LogP contribution in [0.2, 0.25) is 0 Å². The van der Waals surface area contributed by atoms with Crippen LogP contribution in [0.25, 0.3) is 0 Å². The summed E-state index contributed by atoms with van der Waals surface area (Å²) in [5.41, 5.74) is 0.799. The highest BCUT2D eigenvalue weighted by atomic mass is 16.5. The van der Waals surface area contributed by atoms with Crippen LogP contribution < -0.4 is 20.1 Å². The summed E-state index contributed by atoms with van der Waals surface area (Å²) in [7, 11) is 3.12. The fourth-order valence-electron chi connectivity index (χ4n) is 2.32. The first-order chi connectivity index (χ1) is 10.2. The van der Waals surface area contributed by atoms with Crippen molar-refractivity contribution in [2.45, 2.75) is 6.04 Å². The van der Waals surface area contributed by atoms with E-state index >= 15 is 0 Å². The molecule has 0 saturated carbocycles. The summed E-state index contributed by atoms with van der Waals surface area (Å²) in [6.45, 7) is 1.43. The number of hydrogen-bond acceptors (Lipinski definition) is 5. The third-order valence-corrected chi connectivity index (χ3v) is 3.40. The van der Waals surface area contributed by atoms with Crippen molar-refractivity contribution in [1.82, 2.24) is 15.5 Å². The molecule has 2 amide bonds. The molecule has 2 rings (SSSR count). The summed E-state index contributed by atoms with van der Waals surface area (Å²) >= 11 is 0. The Kier molecular flexibility index (Phi) is 4.99. The van der Waals surface area contributed by atoms with Crippen molar-refractivity contribution in [2.75, 3.05) is 34.0 Å². The van der Waals surface area contributed by atoms with Gasteiger partial charge in [-0.3, -0.25) is 9.59 Å². The largest absolute Gasteiger partial charge is 0.493 e. The molecule has 0 aromatic heterocycles. The molecule has 1 fully saturated rings. The van der Waals surface area contributed by atoms with Crippen molar-refractivity contribution in [3.05, 3.63) is 23.8 Å². The lowest BCUT2D eigenvalue weighted by atomic mass is 10.0. The van der Waals surface area contributed by atoms with Crippen LogP contribution in [0.15, 0.2) is 18.2 Å². The van der Waals surface area contributed by atoms with Gasteiger partial charge in [0.1, 0.15) is 6.04 Å². The minimum absolute atomic E-state index is 0.0807. The number of carbonyl (C=O) groups excluding carboxylic acids is 2. The van der Waals surface area contributed by atoms with Crippen LogP contribution in [-0.2, 0) is 9.59 Å². The molecule has 1 aliphatic rings. The maximum absolute atomic E-state index is 12.4. The lowest BCUT2D eigenvalue weighted by Crippen LogP contribution is -2.52. The predicted octanol–water partition coefficient (Wildman–Crippen LogP) is -0.120. The number of piperazine rings is 1. The Hall–Kier alpha value is -2.28. The molecule has 1 aromatic carbocycles. The molecular formula is C14H19N3O4. The highest BCUT2D eigenvalue weighted by Gasteiger charge is 2.29. The topological polar surface area (TPSA) is 79.9 Å². The first-order valence-electron chi connectivity index (χ1n) is 6.62. The Morgan fingerprint density at radius 3 is 2.81 bits per heavy atom. The van der Waals surface area contributed by atoms with Crippen molar-refractivity contribution < 1.29 is 19.1 Å². The van der Waals surface area contributed by atoms with E-state index in [1.165, 1.54) is 0 Å². The van der Waals surface area contributed by atoms with E-state index in [1.807, 2.05) is 6.07 Å². The number of carbonyl (C=O) groups is 2. The lowest BCUT2D eigenvalue weighted by Gasteiger charge is -2.33. The zero-order valence-corrected chi connectivity index (χ0v) is 12.1. The van der Waals surface area contributed by atoms with Crippen LogP contribution in [0.1, 0.15) is 11.6 Å². The van der Waals surface area contributed by atoms with Gasteiger partial charge in [-0.05, 0) is 17.7 Å². The average Bonchev–Trinajstić information content (AvgIpc) is 2.53. The van der Waals surface area contributed by atoms with Gasteiger partial charge in [-0.1, -0.05) is 6.07 Å². The standard InChI is InChI=1S/C14H19N3O4/c1-20-11-4-3-10(7-12(11)21-2)13-14(19)17(6-5-16-13)8-15-9-18/h3-4,7,9,13,16H,5-6,8H2,1-2H3,(H,15,18). The maximum atomic E-state index is 12.4. The number of methoxy groups -OCH3 is 2. The molecule has 21 heavy (non-hydrogen) atoms. The summed E-state index contributed by atoms with van der Waals surface area (Å²) in [5.74, 6) is 1.11. The number of amides is 2. The molecule has 1 atom stereocenters. The number of hydrogen-bond donors (Lipinski definition) is 2. The van der Waals surface area contributed by atoms with Crippen LogP contribution in [0.4, 0.5) is 0 Å². The lowest BCUT2D eigenvalue weighted by molar-refractivity contribution is -0.136. The summed E-state index contributed by atoms with van der Waals surface area (Å²) in [4.78, 5) is 24.4. The Labute approximate surface area is 123 Å². The number of benzene rings is 1. The molecule has 2 N–H and O–H groups in total. The van der Waals surface area contributed by atoms with E-state index in [2.05, 4.69) is 10.6 Å². The Balaban J connectivity index is 2.20. The molecule has 1 aromatic rings. The van der Waals surface area contributed by atoms with Gasteiger partial charge in [0.05, 0.1) is 20.9 Å². The average molecular weight is 293 g/mol. The fourth-order valence-corrected chi connectivity index (χ4v) is 2.32. The van der Waals surface area contributed by atoms with Gasteiger partial charge in [0.2, 0.25) is 12.3 Å². The zero-order valence-electron chi connectivity index (χ0n) is 12.1. The molecule has 114 valence electrons. The van der Waals surface area contributed by atoms with Gasteiger partial charge < -0.3 is 25.0 Å². The van der Waals surface area contributed by atoms with Gasteiger partial charge in [-0.15, -0.1) is 0 Å². The van der Waals surface area contributed by atoms with E-state index < -0.39 is 6.04 Å². The molecule has 7 nitrogen and oxygen atoms in total. The molecular weight excluding hydrogens is 274 g/mol. The van der Waals surface area contributed by atoms with Crippen molar-refractivity contribution in [1.29, 1.82) is 0 Å². The second kappa shape index (κ2) is 6.94. The summed E-state index contributed by atoms with van der Waals surface area (Å²) in [6.07, 6.45) is 0.584. The smallest absolute Gasteiger partial charge is 0.245 e. The highest BCUT2D eigenvalue weighted by molar-refractivity contribution is 5.84. The minimum atomic E-state index is -0.452.